The van der Waals surface area contributed by atoms with Gasteiger partial charge in [0.2, 0.25) is 0 Å². The molecule has 1 aliphatic heterocycles. The Balaban J connectivity index is 2.21. The van der Waals surface area contributed by atoms with Crippen molar-refractivity contribution in [3.8, 4) is 0 Å². The first-order valence-electron chi connectivity index (χ1n) is 5.69. The topological polar surface area (TPSA) is 88.6 Å². The molecule has 0 spiro atoms. The molecule has 0 radical (unpaired) electrons. The van der Waals surface area contributed by atoms with Crippen LogP contribution in [-0.4, -0.2) is 40.9 Å². The zero-order valence-corrected chi connectivity index (χ0v) is 10.3. The summed E-state index contributed by atoms with van der Waals surface area (Å²) in [6.45, 7) is 5.82. The van der Waals surface area contributed by atoms with Crippen molar-refractivity contribution in [2.24, 2.45) is 0 Å². The van der Waals surface area contributed by atoms with E-state index in [1.54, 1.807) is 4.90 Å². The van der Waals surface area contributed by atoms with Crippen LogP contribution in [0.15, 0.2) is 16.5 Å². The van der Waals surface area contributed by atoms with Crippen molar-refractivity contribution in [1.29, 1.82) is 0 Å². The van der Waals surface area contributed by atoms with E-state index in [-0.39, 0.29) is 17.2 Å². The predicted molar refractivity (Wildman–Crippen MR) is 63.3 cm³/mol. The summed E-state index contributed by atoms with van der Waals surface area (Å²) in [5.41, 5.74) is -0.336. The number of nitro groups is 1. The standard InChI is InChI=1S/C11H15N3O4/c1-11(2)7-12-5-6-13(11)10(15)8-3-4-9(18-8)14(16)17/h3-4,12H,5-7H2,1-2H3. The van der Waals surface area contributed by atoms with Gasteiger partial charge in [0.05, 0.1) is 11.6 Å². The summed E-state index contributed by atoms with van der Waals surface area (Å²) >= 11 is 0. The molecule has 98 valence electrons. The second-order valence-electron chi connectivity index (χ2n) is 4.84. The van der Waals surface area contributed by atoms with E-state index in [0.717, 1.165) is 0 Å². The van der Waals surface area contributed by atoms with Gasteiger partial charge in [0, 0.05) is 19.6 Å². The van der Waals surface area contributed by atoms with Crippen molar-refractivity contribution < 1.29 is 14.1 Å². The fraction of sp³-hybridized carbons (Fsp3) is 0.545. The van der Waals surface area contributed by atoms with E-state index in [1.807, 2.05) is 13.8 Å². The highest BCUT2D eigenvalue weighted by atomic mass is 16.6. The van der Waals surface area contributed by atoms with E-state index in [4.69, 9.17) is 4.42 Å². The maximum Gasteiger partial charge on any atom is 0.433 e. The van der Waals surface area contributed by atoms with Gasteiger partial charge in [-0.05, 0) is 19.9 Å². The van der Waals surface area contributed by atoms with Gasteiger partial charge in [-0.25, -0.2) is 0 Å². The Bertz CT molecular complexity index is 480. The molecule has 2 rings (SSSR count). The maximum absolute atomic E-state index is 12.2. The van der Waals surface area contributed by atoms with Crippen molar-refractivity contribution in [3.63, 3.8) is 0 Å². The first-order valence-corrected chi connectivity index (χ1v) is 5.69. The van der Waals surface area contributed by atoms with Gasteiger partial charge in [0.25, 0.3) is 5.91 Å². The molecule has 1 fully saturated rings. The quantitative estimate of drug-likeness (QED) is 0.627. The van der Waals surface area contributed by atoms with Crippen LogP contribution in [0, 0.1) is 10.1 Å². The van der Waals surface area contributed by atoms with Gasteiger partial charge in [-0.15, -0.1) is 0 Å². The molecule has 1 aromatic rings. The van der Waals surface area contributed by atoms with Crippen LogP contribution in [-0.2, 0) is 0 Å². The molecule has 0 unspecified atom stereocenters. The first-order chi connectivity index (χ1) is 8.42. The molecule has 1 aromatic heterocycles. The molecule has 0 aliphatic carbocycles. The Kier molecular flexibility index (Phi) is 3.08. The Morgan fingerprint density at radius 1 is 1.56 bits per heavy atom. The van der Waals surface area contributed by atoms with E-state index in [2.05, 4.69) is 5.32 Å². The predicted octanol–water partition coefficient (Wildman–Crippen LogP) is 1.01. The zero-order valence-electron chi connectivity index (χ0n) is 10.3. The molecule has 1 saturated heterocycles. The van der Waals surface area contributed by atoms with Crippen molar-refractivity contribution in [2.45, 2.75) is 19.4 Å². The lowest BCUT2D eigenvalue weighted by Gasteiger charge is -2.42. The molecule has 7 heteroatoms. The second-order valence-corrected chi connectivity index (χ2v) is 4.84. The summed E-state index contributed by atoms with van der Waals surface area (Å²) in [4.78, 5) is 23.8. The van der Waals surface area contributed by atoms with Gasteiger partial charge in [-0.2, -0.15) is 0 Å². The minimum Gasteiger partial charge on any atom is -0.395 e. The third-order valence-corrected chi connectivity index (χ3v) is 3.03. The number of piperazine rings is 1. The average molecular weight is 253 g/mol. The van der Waals surface area contributed by atoms with Crippen LogP contribution in [0.2, 0.25) is 0 Å². The summed E-state index contributed by atoms with van der Waals surface area (Å²) in [6, 6.07) is 2.54. The number of rotatable bonds is 2. The van der Waals surface area contributed by atoms with Crippen LogP contribution in [0.25, 0.3) is 0 Å². The van der Waals surface area contributed by atoms with Crippen molar-refractivity contribution in [3.05, 3.63) is 28.0 Å². The van der Waals surface area contributed by atoms with Gasteiger partial charge in [-0.1, -0.05) is 0 Å². The number of furan rings is 1. The third kappa shape index (κ3) is 2.21. The molecule has 0 bridgehead atoms. The summed E-state index contributed by atoms with van der Waals surface area (Å²) in [7, 11) is 0. The minimum absolute atomic E-state index is 0.0108. The highest BCUT2D eigenvalue weighted by Gasteiger charge is 2.35. The van der Waals surface area contributed by atoms with Crippen LogP contribution in [0.4, 0.5) is 5.88 Å². The zero-order chi connectivity index (χ0) is 13.3. The smallest absolute Gasteiger partial charge is 0.395 e. The molecule has 2 heterocycles. The van der Waals surface area contributed by atoms with E-state index in [9.17, 15) is 14.9 Å². The molecular formula is C11H15N3O4. The van der Waals surface area contributed by atoms with E-state index in [1.165, 1.54) is 12.1 Å². The van der Waals surface area contributed by atoms with Crippen LogP contribution in [0.5, 0.6) is 0 Å². The molecule has 7 nitrogen and oxygen atoms in total. The molecule has 18 heavy (non-hydrogen) atoms. The van der Waals surface area contributed by atoms with Gasteiger partial charge in [0.1, 0.15) is 4.92 Å². The molecule has 1 aliphatic rings. The number of amides is 1. The fourth-order valence-electron chi connectivity index (χ4n) is 2.03. The molecule has 0 atom stereocenters. The number of hydrogen-bond acceptors (Lipinski definition) is 5. The van der Waals surface area contributed by atoms with Gasteiger partial charge in [-0.3, -0.25) is 14.9 Å². The van der Waals surface area contributed by atoms with Crippen LogP contribution >= 0.6 is 0 Å². The summed E-state index contributed by atoms with van der Waals surface area (Å²) in [5.74, 6) is -0.711. The Labute approximate surface area is 104 Å². The molecule has 1 N–H and O–H groups in total. The van der Waals surface area contributed by atoms with E-state index < -0.39 is 10.8 Å². The number of carbonyl (C=O) groups excluding carboxylic acids is 1. The Morgan fingerprint density at radius 3 is 2.83 bits per heavy atom. The average Bonchev–Trinajstić information content (AvgIpc) is 2.77. The maximum atomic E-state index is 12.2. The first kappa shape index (κ1) is 12.6. The van der Waals surface area contributed by atoms with Gasteiger partial charge >= 0.3 is 5.88 Å². The minimum atomic E-state index is -0.653. The van der Waals surface area contributed by atoms with Crippen LogP contribution in [0.1, 0.15) is 24.4 Å². The Hall–Kier alpha value is -1.89. The van der Waals surface area contributed by atoms with Crippen molar-refractivity contribution in [1.82, 2.24) is 10.2 Å². The SMILES string of the molecule is CC1(C)CNCCN1C(=O)c1ccc([N+](=O)[O-])o1. The summed E-state index contributed by atoms with van der Waals surface area (Å²) in [5, 5.41) is 13.7. The third-order valence-electron chi connectivity index (χ3n) is 3.03. The van der Waals surface area contributed by atoms with Crippen LogP contribution in [0.3, 0.4) is 0 Å². The van der Waals surface area contributed by atoms with E-state index in [0.29, 0.717) is 19.6 Å². The van der Waals surface area contributed by atoms with Crippen LogP contribution < -0.4 is 5.32 Å². The monoisotopic (exact) mass is 253 g/mol. The van der Waals surface area contributed by atoms with Crippen molar-refractivity contribution >= 4 is 11.8 Å². The fourth-order valence-corrected chi connectivity index (χ4v) is 2.03. The second kappa shape index (κ2) is 4.41. The van der Waals surface area contributed by atoms with Crippen molar-refractivity contribution in [2.75, 3.05) is 19.6 Å². The molecular weight excluding hydrogens is 238 g/mol. The Morgan fingerprint density at radius 2 is 2.28 bits per heavy atom. The van der Waals surface area contributed by atoms with Gasteiger partial charge < -0.3 is 14.6 Å². The molecule has 1 amide bonds. The number of nitrogens with zero attached hydrogens (tertiary/aromatic N) is 2. The number of nitrogens with one attached hydrogen (secondary N) is 1. The summed E-state index contributed by atoms with van der Waals surface area (Å²) in [6.07, 6.45) is 0. The highest BCUT2D eigenvalue weighted by Crippen LogP contribution is 2.22. The summed E-state index contributed by atoms with van der Waals surface area (Å²) < 4.78 is 4.94. The highest BCUT2D eigenvalue weighted by molar-refractivity contribution is 5.92. The van der Waals surface area contributed by atoms with Gasteiger partial charge in [0.15, 0.2) is 5.76 Å². The lowest BCUT2D eigenvalue weighted by molar-refractivity contribution is -0.402. The number of carbonyl (C=O) groups is 1. The lowest BCUT2D eigenvalue weighted by atomic mass is 10.00. The lowest BCUT2D eigenvalue weighted by Crippen LogP contribution is -2.59. The molecule has 0 aromatic carbocycles. The largest absolute Gasteiger partial charge is 0.433 e. The normalized spacial score (nSPS) is 18.7. The molecule has 0 saturated carbocycles. The number of hydrogen-bond donors (Lipinski definition) is 1. The van der Waals surface area contributed by atoms with E-state index >= 15 is 0 Å².